The van der Waals surface area contributed by atoms with Crippen molar-refractivity contribution in [2.24, 2.45) is 4.99 Å². The van der Waals surface area contributed by atoms with Crippen LogP contribution >= 0.6 is 0 Å². The van der Waals surface area contributed by atoms with E-state index in [1.165, 1.54) is 29.1 Å². The zero-order chi connectivity index (χ0) is 20.0. The van der Waals surface area contributed by atoms with E-state index in [2.05, 4.69) is 15.0 Å². The van der Waals surface area contributed by atoms with Crippen LogP contribution in [0.3, 0.4) is 0 Å². The summed E-state index contributed by atoms with van der Waals surface area (Å²) in [6.07, 6.45) is 5.86. The Morgan fingerprint density at radius 2 is 1.90 bits per heavy atom. The predicted octanol–water partition coefficient (Wildman–Crippen LogP) is 3.72. The first kappa shape index (κ1) is 17.4. The van der Waals surface area contributed by atoms with Gasteiger partial charge in [0.2, 0.25) is 0 Å². The molecule has 142 valence electrons. The third-order valence-electron chi connectivity index (χ3n) is 5.10. The summed E-state index contributed by atoms with van der Waals surface area (Å²) in [4.78, 5) is 24.5. The van der Waals surface area contributed by atoms with Gasteiger partial charge in [0.05, 0.1) is 31.0 Å². The summed E-state index contributed by atoms with van der Waals surface area (Å²) >= 11 is 0. The zero-order valence-electron chi connectivity index (χ0n) is 15.1. The first-order chi connectivity index (χ1) is 14.1. The van der Waals surface area contributed by atoms with Crippen LogP contribution in [0.5, 0.6) is 0 Å². The Morgan fingerprint density at radius 3 is 2.72 bits per heavy atom. The molecule has 0 fully saturated rings. The second-order valence-electron chi connectivity index (χ2n) is 6.81. The van der Waals surface area contributed by atoms with Crippen molar-refractivity contribution in [2.75, 3.05) is 0 Å². The number of rotatable bonds is 3. The van der Waals surface area contributed by atoms with E-state index in [-0.39, 0.29) is 12.1 Å². The topological polar surface area (TPSA) is 60.1 Å². The number of nitrogens with zero attached hydrogens (tertiary/aromatic N) is 4. The van der Waals surface area contributed by atoms with Gasteiger partial charge in [-0.3, -0.25) is 14.8 Å². The van der Waals surface area contributed by atoms with E-state index in [4.69, 9.17) is 0 Å². The molecule has 0 unspecified atom stereocenters. The minimum Gasteiger partial charge on any atom is -0.301 e. The van der Waals surface area contributed by atoms with Crippen molar-refractivity contribution >= 4 is 17.2 Å². The van der Waals surface area contributed by atoms with Gasteiger partial charge in [0.15, 0.2) is 0 Å². The highest BCUT2D eigenvalue weighted by molar-refractivity contribution is 5.94. The Balaban J connectivity index is 1.61. The molecular formula is C22H14F2N4O. The van der Waals surface area contributed by atoms with Crippen LogP contribution in [0.4, 0.5) is 8.78 Å². The summed E-state index contributed by atoms with van der Waals surface area (Å²) in [5.41, 5.74) is 3.38. The van der Waals surface area contributed by atoms with E-state index < -0.39 is 17.2 Å². The average Bonchev–Trinajstić information content (AvgIpc) is 3.21. The molecule has 0 atom stereocenters. The Kier molecular flexibility index (Phi) is 4.01. The molecule has 0 bridgehead atoms. The monoisotopic (exact) mass is 388 g/mol. The second kappa shape index (κ2) is 6.70. The predicted molar refractivity (Wildman–Crippen MR) is 106 cm³/mol. The fraction of sp³-hybridized carbons (Fsp3) is 0.0909. The van der Waals surface area contributed by atoms with Crippen LogP contribution in [0.1, 0.15) is 16.7 Å². The molecule has 7 heteroatoms. The fourth-order valence-electron chi connectivity index (χ4n) is 3.64. The van der Waals surface area contributed by atoms with Gasteiger partial charge in [-0.25, -0.2) is 13.8 Å². The van der Waals surface area contributed by atoms with Crippen LogP contribution in [0, 0.1) is 11.6 Å². The van der Waals surface area contributed by atoms with Gasteiger partial charge in [-0.2, -0.15) is 0 Å². The first-order valence-corrected chi connectivity index (χ1v) is 9.01. The van der Waals surface area contributed by atoms with Gasteiger partial charge in [-0.1, -0.05) is 18.2 Å². The summed E-state index contributed by atoms with van der Waals surface area (Å²) < 4.78 is 31.2. The quantitative estimate of drug-likeness (QED) is 0.538. The van der Waals surface area contributed by atoms with E-state index in [1.54, 1.807) is 12.3 Å². The van der Waals surface area contributed by atoms with Gasteiger partial charge in [0, 0.05) is 23.5 Å². The molecule has 5 nitrogen and oxygen atoms in total. The number of aliphatic imine (C=N–C) groups is 1. The molecule has 0 spiro atoms. The Bertz CT molecular complexity index is 1340. The molecule has 5 rings (SSSR count). The van der Waals surface area contributed by atoms with Crippen LogP contribution in [-0.2, 0) is 13.1 Å². The highest BCUT2D eigenvalue weighted by Gasteiger charge is 2.18. The second-order valence-corrected chi connectivity index (χ2v) is 6.81. The average molecular weight is 388 g/mol. The van der Waals surface area contributed by atoms with Crippen molar-refractivity contribution in [3.05, 3.63) is 93.7 Å². The van der Waals surface area contributed by atoms with Crippen LogP contribution in [0.25, 0.3) is 22.2 Å². The Hall–Kier alpha value is -3.74. The van der Waals surface area contributed by atoms with Crippen molar-refractivity contribution in [3.8, 4) is 11.1 Å². The van der Waals surface area contributed by atoms with Gasteiger partial charge in [-0.15, -0.1) is 0 Å². The smallest absolute Gasteiger partial charge is 0.269 e. The summed E-state index contributed by atoms with van der Waals surface area (Å²) in [6.45, 7) is 0.327. The van der Waals surface area contributed by atoms with Crippen molar-refractivity contribution in [1.29, 1.82) is 0 Å². The highest BCUT2D eigenvalue weighted by Crippen LogP contribution is 2.31. The lowest BCUT2D eigenvalue weighted by Crippen LogP contribution is -2.22. The number of fused-ring (bicyclic) bond motifs is 2. The molecule has 0 radical (unpaired) electrons. The van der Waals surface area contributed by atoms with Gasteiger partial charge in [-0.05, 0) is 34.9 Å². The van der Waals surface area contributed by atoms with E-state index in [0.29, 0.717) is 23.1 Å². The summed E-state index contributed by atoms with van der Waals surface area (Å²) in [5.74, 6) is -1.42. The number of halogens is 2. The highest BCUT2D eigenvalue weighted by atomic mass is 19.1. The van der Waals surface area contributed by atoms with E-state index in [1.807, 2.05) is 18.2 Å². The maximum atomic E-state index is 14.9. The number of hydrogen-bond donors (Lipinski definition) is 0. The van der Waals surface area contributed by atoms with E-state index in [9.17, 15) is 13.6 Å². The maximum Gasteiger partial charge on any atom is 0.269 e. The maximum absolute atomic E-state index is 14.9. The van der Waals surface area contributed by atoms with Crippen molar-refractivity contribution < 1.29 is 8.78 Å². The molecule has 2 aromatic heterocycles. The molecule has 2 aromatic carbocycles. The lowest BCUT2D eigenvalue weighted by atomic mass is 9.96. The number of pyridine rings is 1. The van der Waals surface area contributed by atoms with Crippen LogP contribution in [-0.4, -0.2) is 20.7 Å². The molecule has 0 N–H and O–H groups in total. The van der Waals surface area contributed by atoms with E-state index >= 15 is 0 Å². The fourth-order valence-corrected chi connectivity index (χ4v) is 3.64. The van der Waals surface area contributed by atoms with Crippen molar-refractivity contribution in [2.45, 2.75) is 13.1 Å². The number of hydrogen-bond acceptors (Lipinski definition) is 4. The van der Waals surface area contributed by atoms with Gasteiger partial charge >= 0.3 is 0 Å². The number of aromatic nitrogens is 3. The SMILES string of the molecule is O=c1cnc2cnccc2n1Cc1c(F)cc(-c2cccc3c2C=NC3)cc1F. The minimum absolute atomic E-state index is 0.179. The third-order valence-corrected chi connectivity index (χ3v) is 5.10. The molecule has 0 saturated carbocycles. The molecular weight excluding hydrogens is 374 g/mol. The lowest BCUT2D eigenvalue weighted by Gasteiger charge is -2.13. The Morgan fingerprint density at radius 1 is 1.07 bits per heavy atom. The summed E-state index contributed by atoms with van der Waals surface area (Å²) in [6, 6.07) is 9.82. The molecule has 1 aliphatic heterocycles. The molecule has 0 aliphatic carbocycles. The standard InChI is InChI=1S/C22H14F2N4O/c23-18-6-14(15-3-1-2-13-8-26-9-16(13)15)7-19(24)17(18)12-28-21-4-5-25-10-20(21)27-11-22(28)29/h1-7,9-11H,8,12H2. The van der Waals surface area contributed by atoms with Crippen LogP contribution in [0.2, 0.25) is 0 Å². The van der Waals surface area contributed by atoms with Gasteiger partial charge in [0.25, 0.3) is 5.56 Å². The van der Waals surface area contributed by atoms with E-state index in [0.717, 1.165) is 22.9 Å². The Labute approximate surface area is 164 Å². The molecule has 0 saturated heterocycles. The molecule has 0 amide bonds. The minimum atomic E-state index is -0.710. The summed E-state index contributed by atoms with van der Waals surface area (Å²) in [5, 5.41) is 0. The largest absolute Gasteiger partial charge is 0.301 e. The zero-order valence-corrected chi connectivity index (χ0v) is 15.1. The lowest BCUT2D eigenvalue weighted by molar-refractivity contribution is 0.545. The molecule has 29 heavy (non-hydrogen) atoms. The van der Waals surface area contributed by atoms with Crippen molar-refractivity contribution in [3.63, 3.8) is 0 Å². The molecule has 1 aliphatic rings. The first-order valence-electron chi connectivity index (χ1n) is 9.01. The molecule has 3 heterocycles. The number of benzene rings is 2. The van der Waals surface area contributed by atoms with Crippen LogP contribution in [0.15, 0.2) is 64.8 Å². The van der Waals surface area contributed by atoms with Gasteiger partial charge in [0.1, 0.15) is 17.2 Å². The third kappa shape index (κ3) is 2.91. The van der Waals surface area contributed by atoms with Crippen molar-refractivity contribution in [1.82, 2.24) is 14.5 Å². The van der Waals surface area contributed by atoms with Gasteiger partial charge < -0.3 is 4.57 Å². The summed E-state index contributed by atoms with van der Waals surface area (Å²) in [7, 11) is 0. The normalized spacial score (nSPS) is 12.5. The molecule has 4 aromatic rings. The van der Waals surface area contributed by atoms with Crippen LogP contribution < -0.4 is 5.56 Å².